The zero-order valence-corrected chi connectivity index (χ0v) is 14.8. The van der Waals surface area contributed by atoms with E-state index in [-0.39, 0.29) is 12.1 Å². The summed E-state index contributed by atoms with van der Waals surface area (Å²) in [6.45, 7) is 7.07. The van der Waals surface area contributed by atoms with Crippen molar-refractivity contribution in [3.63, 3.8) is 0 Å². The van der Waals surface area contributed by atoms with Crippen molar-refractivity contribution in [3.8, 4) is 0 Å². The van der Waals surface area contributed by atoms with Crippen LogP contribution in [-0.2, 0) is 4.74 Å². The normalized spacial score (nSPS) is 18.5. The Balaban J connectivity index is 2.01. The number of nitrogens with zero attached hydrogens (tertiary/aromatic N) is 3. The molecule has 0 unspecified atom stereocenters. The summed E-state index contributed by atoms with van der Waals surface area (Å²) in [6, 6.07) is 1.75. The van der Waals surface area contributed by atoms with Crippen molar-refractivity contribution in [3.05, 3.63) is 11.2 Å². The topological polar surface area (TPSA) is 79.4 Å². The first-order chi connectivity index (χ1) is 10.8. The van der Waals surface area contributed by atoms with Gasteiger partial charge in [-0.15, -0.1) is 0 Å². The van der Waals surface area contributed by atoms with Gasteiger partial charge in [0.05, 0.1) is 0 Å². The summed E-state index contributed by atoms with van der Waals surface area (Å²) in [4.78, 5) is 22.5. The predicted octanol–water partition coefficient (Wildman–Crippen LogP) is 2.67. The van der Waals surface area contributed by atoms with E-state index >= 15 is 0 Å². The van der Waals surface area contributed by atoms with E-state index in [1.807, 2.05) is 20.8 Å². The fraction of sp³-hybridized carbons (Fsp3) is 0.667. The van der Waals surface area contributed by atoms with Crippen LogP contribution in [0.25, 0.3) is 0 Å². The SMILES string of the molecule is CNc1nc(Cl)cc(N2CCC[C@@H](NC(=O)OC(C)(C)C)C2)n1. The summed E-state index contributed by atoms with van der Waals surface area (Å²) in [5.41, 5.74) is -0.500. The van der Waals surface area contributed by atoms with Crippen molar-refractivity contribution >= 4 is 29.5 Å². The lowest BCUT2D eigenvalue weighted by atomic mass is 10.1. The lowest BCUT2D eigenvalue weighted by Gasteiger charge is -2.34. The smallest absolute Gasteiger partial charge is 0.407 e. The van der Waals surface area contributed by atoms with Crippen molar-refractivity contribution in [2.24, 2.45) is 0 Å². The minimum atomic E-state index is -0.500. The molecule has 0 spiro atoms. The number of anilines is 2. The molecule has 0 aromatic carbocycles. The standard InChI is InChI=1S/C15H24ClN5O2/c1-15(2,3)23-14(22)18-10-6-5-7-21(9-10)12-8-11(16)19-13(17-4)20-12/h8,10H,5-7,9H2,1-4H3,(H,18,22)(H,17,19,20)/t10-/m1/s1. The molecule has 1 aromatic heterocycles. The van der Waals surface area contributed by atoms with Crippen LogP contribution >= 0.6 is 11.6 Å². The van der Waals surface area contributed by atoms with E-state index in [4.69, 9.17) is 16.3 Å². The number of amides is 1. The maximum atomic E-state index is 11.9. The minimum absolute atomic E-state index is 0.0189. The second-order valence-corrected chi connectivity index (χ2v) is 6.94. The zero-order valence-electron chi connectivity index (χ0n) is 14.0. The number of hydrogen-bond donors (Lipinski definition) is 2. The van der Waals surface area contributed by atoms with Crippen molar-refractivity contribution in [1.29, 1.82) is 0 Å². The van der Waals surface area contributed by atoms with Crippen molar-refractivity contribution in [1.82, 2.24) is 15.3 Å². The van der Waals surface area contributed by atoms with E-state index in [2.05, 4.69) is 25.5 Å². The quantitative estimate of drug-likeness (QED) is 0.823. The van der Waals surface area contributed by atoms with E-state index in [9.17, 15) is 4.79 Å². The molecular formula is C15H24ClN5O2. The molecule has 8 heteroatoms. The first-order valence-corrected chi connectivity index (χ1v) is 8.11. The van der Waals surface area contributed by atoms with Crippen LogP contribution in [0.2, 0.25) is 5.15 Å². The van der Waals surface area contributed by atoms with Crippen molar-refractivity contribution in [2.45, 2.75) is 45.3 Å². The molecule has 1 aromatic rings. The summed E-state index contributed by atoms with van der Waals surface area (Å²) in [7, 11) is 1.75. The molecule has 0 radical (unpaired) electrons. The van der Waals surface area contributed by atoms with Gasteiger partial charge >= 0.3 is 6.09 Å². The molecule has 0 saturated carbocycles. The Bertz CT molecular complexity index is 561. The Hall–Kier alpha value is -1.76. The van der Waals surface area contributed by atoms with Gasteiger partial charge in [0.15, 0.2) is 0 Å². The summed E-state index contributed by atoms with van der Waals surface area (Å²) in [6.07, 6.45) is 1.48. The predicted molar refractivity (Wildman–Crippen MR) is 91.2 cm³/mol. The number of rotatable bonds is 3. The van der Waals surface area contributed by atoms with Crippen molar-refractivity contribution in [2.75, 3.05) is 30.4 Å². The number of ether oxygens (including phenoxy) is 1. The fourth-order valence-electron chi connectivity index (χ4n) is 2.46. The first-order valence-electron chi connectivity index (χ1n) is 7.73. The van der Waals surface area contributed by atoms with Gasteiger partial charge in [-0.05, 0) is 33.6 Å². The third kappa shape index (κ3) is 5.42. The third-order valence-electron chi connectivity index (χ3n) is 3.37. The number of piperidine rings is 1. The lowest BCUT2D eigenvalue weighted by Crippen LogP contribution is -2.49. The van der Waals surface area contributed by atoms with Crippen LogP contribution in [0.15, 0.2) is 6.07 Å². The average molecular weight is 342 g/mol. The molecule has 1 amide bonds. The van der Waals surface area contributed by atoms with Crippen LogP contribution in [0.5, 0.6) is 0 Å². The highest BCUT2D eigenvalue weighted by Crippen LogP contribution is 2.22. The van der Waals surface area contributed by atoms with E-state index in [1.54, 1.807) is 13.1 Å². The summed E-state index contributed by atoms with van der Waals surface area (Å²) in [5, 5.41) is 6.21. The molecule has 2 N–H and O–H groups in total. The largest absolute Gasteiger partial charge is 0.444 e. The highest BCUT2D eigenvalue weighted by molar-refractivity contribution is 6.29. The van der Waals surface area contributed by atoms with Crippen LogP contribution < -0.4 is 15.5 Å². The molecule has 1 aliphatic rings. The van der Waals surface area contributed by atoms with Gasteiger partial charge in [-0.25, -0.2) is 9.78 Å². The van der Waals surface area contributed by atoms with E-state index in [1.165, 1.54) is 0 Å². The summed E-state index contributed by atoms with van der Waals surface area (Å²) >= 11 is 6.03. The van der Waals surface area contributed by atoms with Crippen LogP contribution in [0.3, 0.4) is 0 Å². The second-order valence-electron chi connectivity index (χ2n) is 6.55. The molecule has 2 rings (SSSR count). The van der Waals surface area contributed by atoms with E-state index in [0.717, 1.165) is 25.2 Å². The Kier molecular flexibility index (Phi) is 5.51. The first kappa shape index (κ1) is 17.6. The third-order valence-corrected chi connectivity index (χ3v) is 3.56. The molecule has 1 aliphatic heterocycles. The lowest BCUT2D eigenvalue weighted by molar-refractivity contribution is 0.0500. The van der Waals surface area contributed by atoms with Gasteiger partial charge in [0.25, 0.3) is 0 Å². The van der Waals surface area contributed by atoms with Crippen LogP contribution in [-0.4, -0.2) is 47.8 Å². The molecule has 2 heterocycles. The molecule has 128 valence electrons. The van der Waals surface area contributed by atoms with Gasteiger partial charge in [-0.3, -0.25) is 0 Å². The van der Waals surface area contributed by atoms with Gasteiger partial charge in [0.2, 0.25) is 5.95 Å². The summed E-state index contributed by atoms with van der Waals surface area (Å²) < 4.78 is 5.31. The number of carbonyl (C=O) groups is 1. The van der Waals surface area contributed by atoms with Gasteiger partial charge in [0, 0.05) is 32.2 Å². The molecule has 1 atom stereocenters. The van der Waals surface area contributed by atoms with Crippen LogP contribution in [0.1, 0.15) is 33.6 Å². The van der Waals surface area contributed by atoms with Gasteiger partial charge in [-0.1, -0.05) is 11.6 Å². The molecule has 1 saturated heterocycles. The monoisotopic (exact) mass is 341 g/mol. The molecule has 7 nitrogen and oxygen atoms in total. The number of hydrogen-bond acceptors (Lipinski definition) is 6. The second kappa shape index (κ2) is 7.21. The molecule has 0 aliphatic carbocycles. The molecular weight excluding hydrogens is 318 g/mol. The van der Waals surface area contributed by atoms with Crippen molar-refractivity contribution < 1.29 is 9.53 Å². The Labute approximate surface area is 141 Å². The van der Waals surface area contributed by atoms with Crippen LogP contribution in [0, 0.1) is 0 Å². The Morgan fingerprint density at radius 1 is 1.43 bits per heavy atom. The maximum absolute atomic E-state index is 11.9. The van der Waals surface area contributed by atoms with E-state index in [0.29, 0.717) is 17.6 Å². The molecule has 23 heavy (non-hydrogen) atoms. The highest BCUT2D eigenvalue weighted by atomic mass is 35.5. The summed E-state index contributed by atoms with van der Waals surface area (Å²) in [5.74, 6) is 1.24. The van der Waals surface area contributed by atoms with Gasteiger partial charge in [0.1, 0.15) is 16.6 Å². The number of aromatic nitrogens is 2. The van der Waals surface area contributed by atoms with Gasteiger partial charge < -0.3 is 20.3 Å². The van der Waals surface area contributed by atoms with Gasteiger partial charge in [-0.2, -0.15) is 4.98 Å². The fourth-order valence-corrected chi connectivity index (χ4v) is 2.63. The molecule has 0 bridgehead atoms. The highest BCUT2D eigenvalue weighted by Gasteiger charge is 2.25. The number of halogens is 1. The number of nitrogens with one attached hydrogen (secondary N) is 2. The Morgan fingerprint density at radius 2 is 2.17 bits per heavy atom. The van der Waals surface area contributed by atoms with Crippen LogP contribution in [0.4, 0.5) is 16.6 Å². The van der Waals surface area contributed by atoms with E-state index < -0.39 is 5.60 Å². The average Bonchev–Trinajstić information content (AvgIpc) is 2.44. The Morgan fingerprint density at radius 3 is 2.83 bits per heavy atom. The zero-order chi connectivity index (χ0) is 17.0. The molecule has 1 fully saturated rings. The minimum Gasteiger partial charge on any atom is -0.444 e. The number of alkyl carbamates (subject to hydrolysis) is 1. The maximum Gasteiger partial charge on any atom is 0.407 e. The number of carbonyl (C=O) groups excluding carboxylic acids is 1.